The van der Waals surface area contributed by atoms with Gasteiger partial charge in [-0.25, -0.2) is 8.42 Å². The van der Waals surface area contributed by atoms with Gasteiger partial charge in [0.25, 0.3) is 0 Å². The maximum Gasteiger partial charge on any atom is 0.180 e. The van der Waals surface area contributed by atoms with Crippen molar-refractivity contribution < 1.29 is 13.5 Å². The van der Waals surface area contributed by atoms with E-state index < -0.39 is 15.4 Å². The molecule has 2 rings (SSSR count). The molecule has 118 valence electrons. The Bertz CT molecular complexity index is 585. The maximum absolute atomic E-state index is 12.2. The van der Waals surface area contributed by atoms with Gasteiger partial charge in [-0.15, -0.1) is 0 Å². The number of anilines is 1. The summed E-state index contributed by atoms with van der Waals surface area (Å²) >= 11 is 0. The number of benzene rings is 1. The summed E-state index contributed by atoms with van der Waals surface area (Å²) in [4.78, 5) is 0.332. The summed E-state index contributed by atoms with van der Waals surface area (Å²) in [5.74, 6) is 0.613. The van der Waals surface area contributed by atoms with Gasteiger partial charge < -0.3 is 10.4 Å². The number of aliphatic hydroxyl groups excluding tert-OH is 1. The average molecular weight is 311 g/mol. The Morgan fingerprint density at radius 2 is 2.10 bits per heavy atom. The van der Waals surface area contributed by atoms with Crippen LogP contribution in [0.4, 0.5) is 5.69 Å². The van der Waals surface area contributed by atoms with E-state index in [4.69, 9.17) is 0 Å². The molecular weight excluding hydrogens is 286 g/mol. The summed E-state index contributed by atoms with van der Waals surface area (Å²) in [6.45, 7) is 3.86. The van der Waals surface area contributed by atoms with Crippen LogP contribution in [0.2, 0.25) is 0 Å². The Balaban J connectivity index is 2.35. The molecule has 0 bridgehead atoms. The van der Waals surface area contributed by atoms with E-state index in [0.717, 1.165) is 19.3 Å². The molecule has 2 N–H and O–H groups in total. The Hall–Kier alpha value is -1.07. The van der Waals surface area contributed by atoms with Crippen molar-refractivity contribution in [2.45, 2.75) is 50.0 Å². The molecule has 0 aromatic heterocycles. The van der Waals surface area contributed by atoms with Crippen molar-refractivity contribution in [1.29, 1.82) is 0 Å². The first-order valence-electron chi connectivity index (χ1n) is 7.63. The molecule has 0 amide bonds. The molecule has 1 aliphatic rings. The highest BCUT2D eigenvalue weighted by Crippen LogP contribution is 2.36. The van der Waals surface area contributed by atoms with Crippen molar-refractivity contribution in [3.05, 3.63) is 24.3 Å². The Kier molecular flexibility index (Phi) is 4.94. The molecule has 5 heteroatoms. The third kappa shape index (κ3) is 3.58. The Labute approximate surface area is 127 Å². The molecule has 2 unspecified atom stereocenters. The largest absolute Gasteiger partial charge is 0.394 e. The number of rotatable bonds is 5. The van der Waals surface area contributed by atoms with Crippen LogP contribution in [0.15, 0.2) is 29.2 Å². The average Bonchev–Trinajstić information content (AvgIpc) is 2.47. The topological polar surface area (TPSA) is 66.4 Å². The highest BCUT2D eigenvalue weighted by Gasteiger charge is 2.35. The van der Waals surface area contributed by atoms with Gasteiger partial charge in [0.15, 0.2) is 9.84 Å². The molecule has 0 saturated heterocycles. The number of para-hydroxylation sites is 1. The van der Waals surface area contributed by atoms with Gasteiger partial charge in [-0.3, -0.25) is 0 Å². The smallest absolute Gasteiger partial charge is 0.180 e. The molecule has 0 aliphatic heterocycles. The summed E-state index contributed by atoms with van der Waals surface area (Å²) in [6, 6.07) is 6.99. The molecule has 0 spiro atoms. The summed E-state index contributed by atoms with van der Waals surface area (Å²) in [7, 11) is -3.27. The van der Waals surface area contributed by atoms with Crippen molar-refractivity contribution in [2.24, 2.45) is 5.92 Å². The lowest BCUT2D eigenvalue weighted by molar-refractivity contribution is 0.149. The number of hydrogen-bond acceptors (Lipinski definition) is 4. The maximum atomic E-state index is 12.2. The van der Waals surface area contributed by atoms with Crippen LogP contribution in [-0.4, -0.2) is 31.4 Å². The number of aliphatic hydroxyl groups is 1. The van der Waals surface area contributed by atoms with Crippen LogP contribution in [0.3, 0.4) is 0 Å². The number of hydrogen-bond donors (Lipinski definition) is 2. The van der Waals surface area contributed by atoms with Crippen molar-refractivity contribution in [2.75, 3.05) is 17.7 Å². The van der Waals surface area contributed by atoms with E-state index in [2.05, 4.69) is 12.2 Å². The zero-order chi connectivity index (χ0) is 15.5. The van der Waals surface area contributed by atoms with Crippen LogP contribution >= 0.6 is 0 Å². The lowest BCUT2D eigenvalue weighted by Crippen LogP contribution is -2.46. The molecule has 0 radical (unpaired) electrons. The zero-order valence-electron chi connectivity index (χ0n) is 12.8. The fourth-order valence-electron chi connectivity index (χ4n) is 3.24. The first kappa shape index (κ1) is 16.3. The van der Waals surface area contributed by atoms with Crippen LogP contribution < -0.4 is 5.32 Å². The summed E-state index contributed by atoms with van der Waals surface area (Å²) in [6.07, 6.45) is 3.95. The van der Waals surface area contributed by atoms with Crippen LogP contribution in [0.5, 0.6) is 0 Å². The minimum atomic E-state index is -3.27. The fourth-order valence-corrected chi connectivity index (χ4v) is 4.29. The van der Waals surface area contributed by atoms with Crippen molar-refractivity contribution in [3.8, 4) is 0 Å². The van der Waals surface area contributed by atoms with E-state index in [1.807, 2.05) is 6.07 Å². The normalized spacial score (nSPS) is 26.5. The molecule has 1 aliphatic carbocycles. The molecular formula is C16H25NO3S. The second-order valence-corrected chi connectivity index (χ2v) is 8.41. The lowest BCUT2D eigenvalue weighted by atomic mass is 9.76. The van der Waals surface area contributed by atoms with Crippen LogP contribution in [0, 0.1) is 5.92 Å². The minimum absolute atomic E-state index is 0.0256. The van der Waals surface area contributed by atoms with Crippen LogP contribution in [0.1, 0.15) is 39.5 Å². The first-order chi connectivity index (χ1) is 9.92. The standard InChI is InChI=1S/C16H25NO3S/c1-3-21(19,20)15-9-5-4-8-14(15)17-16(12-18)10-6-7-13(2)11-16/h4-5,8-9,13,17-18H,3,6-7,10-12H2,1-2H3. The third-order valence-electron chi connectivity index (χ3n) is 4.40. The van der Waals surface area contributed by atoms with Gasteiger partial charge in [0.1, 0.15) is 0 Å². The van der Waals surface area contributed by atoms with E-state index in [9.17, 15) is 13.5 Å². The van der Waals surface area contributed by atoms with Gasteiger partial charge in [0.05, 0.1) is 28.5 Å². The zero-order valence-corrected chi connectivity index (χ0v) is 13.6. The second-order valence-electron chi connectivity index (χ2n) is 6.16. The van der Waals surface area contributed by atoms with Crippen molar-refractivity contribution in [3.63, 3.8) is 0 Å². The molecule has 1 aromatic carbocycles. The molecule has 1 saturated carbocycles. The first-order valence-corrected chi connectivity index (χ1v) is 9.28. The number of sulfone groups is 1. The Morgan fingerprint density at radius 3 is 2.71 bits per heavy atom. The molecule has 4 nitrogen and oxygen atoms in total. The second kappa shape index (κ2) is 6.36. The van der Waals surface area contributed by atoms with Crippen LogP contribution in [0.25, 0.3) is 0 Å². The van der Waals surface area contributed by atoms with E-state index in [1.54, 1.807) is 25.1 Å². The quantitative estimate of drug-likeness (QED) is 0.877. The summed E-state index contributed by atoms with van der Waals surface area (Å²) in [5, 5.41) is 13.2. The highest BCUT2D eigenvalue weighted by molar-refractivity contribution is 7.91. The van der Waals surface area contributed by atoms with E-state index in [-0.39, 0.29) is 12.4 Å². The van der Waals surface area contributed by atoms with Crippen molar-refractivity contribution in [1.82, 2.24) is 0 Å². The van der Waals surface area contributed by atoms with Gasteiger partial charge in [0.2, 0.25) is 0 Å². The predicted octanol–water partition coefficient (Wildman–Crippen LogP) is 2.83. The van der Waals surface area contributed by atoms with E-state index in [1.165, 1.54) is 6.42 Å². The minimum Gasteiger partial charge on any atom is -0.394 e. The number of nitrogens with one attached hydrogen (secondary N) is 1. The van der Waals surface area contributed by atoms with Gasteiger partial charge in [0, 0.05) is 0 Å². The summed E-state index contributed by atoms with van der Waals surface area (Å²) in [5.41, 5.74) is 0.208. The molecule has 0 heterocycles. The van der Waals surface area contributed by atoms with Gasteiger partial charge >= 0.3 is 0 Å². The molecule has 1 aromatic rings. The molecule has 1 fully saturated rings. The molecule has 21 heavy (non-hydrogen) atoms. The Morgan fingerprint density at radius 1 is 1.38 bits per heavy atom. The summed E-state index contributed by atoms with van der Waals surface area (Å²) < 4.78 is 24.4. The lowest BCUT2D eigenvalue weighted by Gasteiger charge is -2.40. The SMILES string of the molecule is CCS(=O)(=O)c1ccccc1NC1(CO)CCCC(C)C1. The van der Waals surface area contributed by atoms with Crippen molar-refractivity contribution >= 4 is 15.5 Å². The van der Waals surface area contributed by atoms with Gasteiger partial charge in [-0.2, -0.15) is 0 Å². The van der Waals surface area contributed by atoms with Gasteiger partial charge in [-0.1, -0.05) is 38.8 Å². The van der Waals surface area contributed by atoms with E-state index >= 15 is 0 Å². The monoisotopic (exact) mass is 311 g/mol. The van der Waals surface area contributed by atoms with E-state index in [0.29, 0.717) is 16.5 Å². The predicted molar refractivity (Wildman–Crippen MR) is 85.2 cm³/mol. The molecule has 2 atom stereocenters. The third-order valence-corrected chi connectivity index (χ3v) is 6.18. The van der Waals surface area contributed by atoms with Crippen LogP contribution in [-0.2, 0) is 9.84 Å². The van der Waals surface area contributed by atoms with Gasteiger partial charge in [-0.05, 0) is 30.9 Å². The highest BCUT2D eigenvalue weighted by atomic mass is 32.2. The fraction of sp³-hybridized carbons (Fsp3) is 0.625.